The molecule has 0 aliphatic heterocycles. The lowest BCUT2D eigenvalue weighted by atomic mass is 9.80. The van der Waals surface area contributed by atoms with E-state index < -0.39 is 12.2 Å². The van der Waals surface area contributed by atoms with Gasteiger partial charge < -0.3 is 29.6 Å². The highest BCUT2D eigenvalue weighted by Gasteiger charge is 2.37. The normalized spacial score (nSPS) is 21.1. The minimum Gasteiger partial charge on any atom is -0.469 e. The van der Waals surface area contributed by atoms with Crippen LogP contribution in [-0.4, -0.2) is 50.4 Å². The SMILES string of the molecule is COC(=O)C1CC(NC(=O)OCc2ccccc2)C1.COC(=O)C1CC(NC(=O)OCc2ccccc2)C1. The number of carbonyl (C=O) groups is 4. The lowest BCUT2D eigenvalue weighted by Crippen LogP contribution is -2.47. The van der Waals surface area contributed by atoms with Gasteiger partial charge in [0.15, 0.2) is 0 Å². The third kappa shape index (κ3) is 9.10. The van der Waals surface area contributed by atoms with Crippen LogP contribution in [0.4, 0.5) is 9.59 Å². The van der Waals surface area contributed by atoms with E-state index in [1.807, 2.05) is 60.7 Å². The average Bonchev–Trinajstić information content (AvgIpc) is 2.90. The smallest absolute Gasteiger partial charge is 0.407 e. The van der Waals surface area contributed by atoms with Gasteiger partial charge in [-0.15, -0.1) is 0 Å². The second kappa shape index (κ2) is 14.6. The minimum atomic E-state index is -0.447. The molecule has 0 heterocycles. The highest BCUT2D eigenvalue weighted by atomic mass is 16.6. The van der Waals surface area contributed by atoms with Crippen LogP contribution < -0.4 is 10.6 Å². The fraction of sp³-hybridized carbons (Fsp3) is 0.429. The number of amides is 2. The number of methoxy groups -OCH3 is 2. The maximum atomic E-state index is 11.5. The first-order valence-corrected chi connectivity index (χ1v) is 12.5. The third-order valence-electron chi connectivity index (χ3n) is 6.41. The van der Waals surface area contributed by atoms with E-state index in [0.29, 0.717) is 25.7 Å². The van der Waals surface area contributed by atoms with Crippen molar-refractivity contribution in [2.75, 3.05) is 14.2 Å². The molecule has 0 spiro atoms. The summed E-state index contributed by atoms with van der Waals surface area (Å²) in [5, 5.41) is 5.45. The quantitative estimate of drug-likeness (QED) is 0.393. The van der Waals surface area contributed by atoms with Gasteiger partial charge in [0, 0.05) is 12.1 Å². The molecule has 2 aliphatic carbocycles. The maximum Gasteiger partial charge on any atom is 0.407 e. The molecule has 204 valence electrons. The Labute approximate surface area is 222 Å². The van der Waals surface area contributed by atoms with Crippen LogP contribution in [0.5, 0.6) is 0 Å². The number of benzene rings is 2. The van der Waals surface area contributed by atoms with Crippen LogP contribution in [0.15, 0.2) is 60.7 Å². The molecule has 0 atom stereocenters. The minimum absolute atomic E-state index is 0.00683. The lowest BCUT2D eigenvalue weighted by Gasteiger charge is -2.33. The molecule has 2 aliphatic rings. The molecule has 38 heavy (non-hydrogen) atoms. The molecule has 2 N–H and O–H groups in total. The maximum absolute atomic E-state index is 11.5. The van der Waals surface area contributed by atoms with Gasteiger partial charge in [-0.25, -0.2) is 9.59 Å². The molecule has 2 saturated carbocycles. The van der Waals surface area contributed by atoms with Gasteiger partial charge in [-0.2, -0.15) is 0 Å². The zero-order valence-electron chi connectivity index (χ0n) is 21.6. The average molecular weight is 527 g/mol. The van der Waals surface area contributed by atoms with Crippen LogP contribution in [0.3, 0.4) is 0 Å². The lowest BCUT2D eigenvalue weighted by molar-refractivity contribution is -0.149. The second-order valence-corrected chi connectivity index (χ2v) is 9.19. The summed E-state index contributed by atoms with van der Waals surface area (Å²) in [5.41, 5.74) is 1.89. The summed E-state index contributed by atoms with van der Waals surface area (Å²) < 4.78 is 19.4. The largest absolute Gasteiger partial charge is 0.469 e. The number of carbonyl (C=O) groups excluding carboxylic acids is 4. The predicted octanol–water partition coefficient (Wildman–Crippen LogP) is 3.73. The molecular formula is C28H34N2O8. The molecule has 0 radical (unpaired) electrons. The summed E-state index contributed by atoms with van der Waals surface area (Å²) in [6.45, 7) is 0.500. The van der Waals surface area contributed by atoms with E-state index in [9.17, 15) is 19.2 Å². The van der Waals surface area contributed by atoms with Crippen LogP contribution in [0, 0.1) is 11.8 Å². The first-order valence-electron chi connectivity index (χ1n) is 12.5. The first kappa shape index (κ1) is 28.5. The molecule has 2 fully saturated rings. The third-order valence-corrected chi connectivity index (χ3v) is 6.41. The van der Waals surface area contributed by atoms with Crippen LogP contribution in [0.1, 0.15) is 36.8 Å². The van der Waals surface area contributed by atoms with Crippen LogP contribution >= 0.6 is 0 Å². The van der Waals surface area contributed by atoms with E-state index in [4.69, 9.17) is 9.47 Å². The van der Waals surface area contributed by atoms with Crippen LogP contribution in [-0.2, 0) is 41.8 Å². The second-order valence-electron chi connectivity index (χ2n) is 9.19. The number of nitrogens with one attached hydrogen (secondary N) is 2. The summed E-state index contributed by atoms with van der Waals surface area (Å²) >= 11 is 0. The van der Waals surface area contributed by atoms with E-state index in [-0.39, 0.29) is 49.1 Å². The standard InChI is InChI=1S/2C14H17NO4/c2*1-18-13(16)11-7-12(8-11)15-14(17)19-9-10-5-3-2-4-6-10/h2*2-6,11-12H,7-9H2,1H3,(H,15,17). The molecule has 4 rings (SSSR count). The number of hydrogen-bond acceptors (Lipinski definition) is 8. The Morgan fingerprint density at radius 1 is 0.632 bits per heavy atom. The molecule has 0 aromatic heterocycles. The Balaban J connectivity index is 0.000000211. The molecule has 0 unspecified atom stereocenters. The van der Waals surface area contributed by atoms with Gasteiger partial charge in [-0.3, -0.25) is 9.59 Å². The summed E-state index contributed by atoms with van der Waals surface area (Å²) in [6, 6.07) is 19.0. The van der Waals surface area contributed by atoms with Crippen LogP contribution in [0.25, 0.3) is 0 Å². The fourth-order valence-corrected chi connectivity index (χ4v) is 4.05. The van der Waals surface area contributed by atoms with Gasteiger partial charge in [0.2, 0.25) is 0 Å². The zero-order valence-corrected chi connectivity index (χ0v) is 21.6. The van der Waals surface area contributed by atoms with Crippen molar-refractivity contribution in [3.63, 3.8) is 0 Å². The Morgan fingerprint density at radius 3 is 1.29 bits per heavy atom. The monoisotopic (exact) mass is 526 g/mol. The van der Waals surface area contributed by atoms with E-state index >= 15 is 0 Å². The molecule has 10 nitrogen and oxygen atoms in total. The summed E-state index contributed by atoms with van der Waals surface area (Å²) in [4.78, 5) is 45.4. The number of rotatable bonds is 8. The zero-order chi connectivity index (χ0) is 27.3. The van der Waals surface area contributed by atoms with Gasteiger partial charge in [0.25, 0.3) is 0 Å². The van der Waals surface area contributed by atoms with Crippen molar-refractivity contribution in [1.29, 1.82) is 0 Å². The van der Waals surface area contributed by atoms with Gasteiger partial charge in [-0.05, 0) is 36.8 Å². The van der Waals surface area contributed by atoms with E-state index in [2.05, 4.69) is 20.1 Å². The topological polar surface area (TPSA) is 129 Å². The molecule has 2 aromatic rings. The van der Waals surface area contributed by atoms with E-state index in [1.54, 1.807) is 0 Å². The van der Waals surface area contributed by atoms with Crippen molar-refractivity contribution >= 4 is 24.1 Å². The van der Waals surface area contributed by atoms with Gasteiger partial charge in [0.05, 0.1) is 26.1 Å². The van der Waals surface area contributed by atoms with Gasteiger partial charge in [0.1, 0.15) is 13.2 Å². The van der Waals surface area contributed by atoms with Crippen molar-refractivity contribution in [1.82, 2.24) is 10.6 Å². The number of esters is 2. The number of ether oxygens (including phenoxy) is 4. The summed E-state index contributed by atoms with van der Waals surface area (Å²) in [6.07, 6.45) is 1.58. The molecule has 2 amide bonds. The Kier molecular flexibility index (Phi) is 11.0. The highest BCUT2D eigenvalue weighted by molar-refractivity contribution is 5.75. The molecule has 2 aromatic carbocycles. The Bertz CT molecular complexity index is 966. The number of hydrogen-bond donors (Lipinski definition) is 2. The molecule has 0 saturated heterocycles. The van der Waals surface area contributed by atoms with Crippen molar-refractivity contribution in [2.24, 2.45) is 11.8 Å². The predicted molar refractivity (Wildman–Crippen MR) is 137 cm³/mol. The van der Waals surface area contributed by atoms with Gasteiger partial charge in [-0.1, -0.05) is 60.7 Å². The summed E-state index contributed by atoms with van der Waals surface area (Å²) in [7, 11) is 2.74. The fourth-order valence-electron chi connectivity index (χ4n) is 4.05. The van der Waals surface area contributed by atoms with Crippen molar-refractivity contribution < 1.29 is 38.1 Å². The van der Waals surface area contributed by atoms with E-state index in [1.165, 1.54) is 14.2 Å². The van der Waals surface area contributed by atoms with Crippen molar-refractivity contribution in [2.45, 2.75) is 51.0 Å². The van der Waals surface area contributed by atoms with E-state index in [0.717, 1.165) is 11.1 Å². The number of alkyl carbamates (subject to hydrolysis) is 2. The van der Waals surface area contributed by atoms with Crippen molar-refractivity contribution in [3.05, 3.63) is 71.8 Å². The van der Waals surface area contributed by atoms with Crippen molar-refractivity contribution in [3.8, 4) is 0 Å². The Hall–Kier alpha value is -4.08. The Morgan fingerprint density at radius 2 is 0.974 bits per heavy atom. The molecule has 0 bridgehead atoms. The molecular weight excluding hydrogens is 492 g/mol. The highest BCUT2D eigenvalue weighted by Crippen LogP contribution is 2.29. The van der Waals surface area contributed by atoms with Crippen LogP contribution in [0.2, 0.25) is 0 Å². The van der Waals surface area contributed by atoms with Gasteiger partial charge >= 0.3 is 24.1 Å². The molecule has 10 heteroatoms. The summed E-state index contributed by atoms with van der Waals surface area (Å²) in [5.74, 6) is -0.611. The first-order chi connectivity index (χ1) is 18.4.